The number of amides is 10. The van der Waals surface area contributed by atoms with Crippen molar-refractivity contribution in [1.82, 2.24) is 62.7 Å². The zero-order valence-electron chi connectivity index (χ0n) is 73.9. The Bertz CT molecular complexity index is 4920. The molecule has 6 aromatic rings. The van der Waals surface area contributed by atoms with E-state index in [4.69, 9.17) is 79.4 Å². The zero-order chi connectivity index (χ0) is 94.8. The maximum atomic E-state index is 14.9. The average Bonchev–Trinajstić information content (AvgIpc) is 1.64. The van der Waals surface area contributed by atoms with Gasteiger partial charge in [-0.3, -0.25) is 68.1 Å². The summed E-state index contributed by atoms with van der Waals surface area (Å²) in [5.41, 5.74) is 45.4. The Morgan fingerprint density at radius 2 is 1.08 bits per heavy atom. The number of carbonyl (C=O) groups excluding carboxylic acids is 11. The number of esters is 1. The van der Waals surface area contributed by atoms with Gasteiger partial charge in [0.05, 0.1) is 50.8 Å². The fourth-order valence-electron chi connectivity index (χ4n) is 15.8. The van der Waals surface area contributed by atoms with Gasteiger partial charge < -0.3 is 148 Å². The molecule has 0 radical (unpaired) electrons. The summed E-state index contributed by atoms with van der Waals surface area (Å²) in [4.78, 5) is 158. The number of nitrogens with zero attached hydrogens (tertiary/aromatic N) is 1. The number of aromatic nitrogens is 2. The molecule has 10 amide bonds. The van der Waals surface area contributed by atoms with E-state index in [1.165, 1.54) is 39.2 Å². The predicted molar refractivity (Wildman–Crippen MR) is 493 cm³/mol. The number of hydrogen-bond acceptors (Lipinski definition) is 28. The number of carbonyl (C=O) groups is 11. The van der Waals surface area contributed by atoms with Gasteiger partial charge in [-0.15, -0.1) is 11.8 Å². The number of nitrogens with one attached hydrogen (secondary N) is 15. The molecule has 4 aromatic carbocycles. The zero-order valence-corrected chi connectivity index (χ0v) is 75.6. The summed E-state index contributed by atoms with van der Waals surface area (Å²) in [6.45, 7) is 0.706. The second kappa shape index (κ2) is 51.1. The third kappa shape index (κ3) is 29.2. The fraction of sp³-hybridized carbons (Fsp3) is 0.506. The summed E-state index contributed by atoms with van der Waals surface area (Å²) < 4.78 is 35.7. The molecule has 1 saturated heterocycles. The van der Waals surface area contributed by atoms with Gasteiger partial charge in [0.25, 0.3) is 0 Å². The molecule has 4 heterocycles. The van der Waals surface area contributed by atoms with E-state index in [1.807, 2.05) is 42.5 Å². The van der Waals surface area contributed by atoms with Crippen molar-refractivity contribution >= 4 is 123 Å². The van der Waals surface area contributed by atoms with Gasteiger partial charge in [0.2, 0.25) is 77.5 Å². The Morgan fingerprint density at radius 3 is 1.63 bits per heavy atom. The molecule has 12 atom stereocenters. The van der Waals surface area contributed by atoms with Gasteiger partial charge in [0, 0.05) is 97.6 Å². The number of aromatic hydroxyl groups is 2. The van der Waals surface area contributed by atoms with Crippen molar-refractivity contribution in [3.63, 3.8) is 0 Å². The number of H-pyrrole nitrogens is 1. The fourth-order valence-corrected chi connectivity index (χ4v) is 17.3. The van der Waals surface area contributed by atoms with Gasteiger partial charge in [-0.2, -0.15) is 11.8 Å². The number of rotatable bonds is 56. The van der Waals surface area contributed by atoms with Crippen LogP contribution in [0.5, 0.6) is 40.5 Å². The maximum absolute atomic E-state index is 14.9. The van der Waals surface area contributed by atoms with Crippen LogP contribution >= 0.6 is 23.5 Å². The van der Waals surface area contributed by atoms with E-state index >= 15 is 0 Å². The lowest BCUT2D eigenvalue weighted by Crippen LogP contribution is -2.60. The van der Waals surface area contributed by atoms with E-state index in [0.717, 1.165) is 43.9 Å². The number of para-hydroxylation sites is 1. The van der Waals surface area contributed by atoms with E-state index in [9.17, 15) is 63.0 Å². The first-order valence-corrected chi connectivity index (χ1v) is 45.9. The SMILES string of the molecule is COc1cc([C@@H]2c3cc4c(cc3[C@@H](Nc3ccc(NC(=O)CCn5c(O)cc(SC[C@H](N)C(=O)NCCC(=O)N[C@@H](CCCNC(=N)N)C(=O)N[C@@H](CCCNC(=N)N)C(=O)N[C@@H](CCSC)C(=O)N[C@@H](CCCCN)C(=O)N[C@@H](Cc6c[nH]c7ccccc67)C(=O)N[C@@H](CCCCN)C(=O)N[C@@H](CCCCN)C(N)=O)c5O)cc3)[C@H]3COC(=O)C23)OCO4)cc(OC)c1OC. The van der Waals surface area contributed by atoms with Gasteiger partial charge in [-0.1, -0.05) is 18.2 Å². The monoisotopic (exact) mass is 1860 g/mol. The highest BCUT2D eigenvalue weighted by Crippen LogP contribution is 2.56. The highest BCUT2D eigenvalue weighted by Gasteiger charge is 2.53. The molecule has 0 bridgehead atoms. The third-order valence-corrected chi connectivity index (χ3v) is 24.5. The molecule has 9 rings (SSSR count). The third-order valence-electron chi connectivity index (χ3n) is 22.7. The largest absolute Gasteiger partial charge is 0.494 e. The summed E-state index contributed by atoms with van der Waals surface area (Å²) in [5.74, 6) is -8.37. The first-order chi connectivity index (χ1) is 63.0. The molecule has 2 aliphatic heterocycles. The normalized spacial score (nSPS) is 16.4. The number of guanidine groups is 2. The first kappa shape index (κ1) is 102. The van der Waals surface area contributed by atoms with Gasteiger partial charge in [-0.25, -0.2) is 0 Å². The maximum Gasteiger partial charge on any atom is 0.310 e. The molecule has 2 aromatic heterocycles. The number of benzene rings is 4. The molecule has 1 fully saturated rings. The Hall–Kier alpha value is -12.7. The molecule has 714 valence electrons. The quantitative estimate of drug-likeness (QED) is 0.00831. The van der Waals surface area contributed by atoms with Crippen molar-refractivity contribution in [1.29, 1.82) is 10.8 Å². The molecular formula is C87H125N23O19S2. The Kier molecular flexibility index (Phi) is 39.8. The standard InChI is InChI=1S/C87H125N23O19S2/c1-124-66-38-47(39-67(125-2)75(66)126-3)72-52-40-64-65(129-46-128-64)41-53(52)74(54-44-127-85(123)73(54)72)102-50-24-22-49(23-25-50)101-70(112)27-35-110-71(113)42-68(84(110)122)131-45-55(91)77(115)97-34-26-69(111)103-58(20-13-32-98-86(93)94)78(116)106-61(21-14-33-99-87(95)96)80(118)108-62(28-36-130-4)82(120)105-60(19-9-12-31-90)81(119)109-63(37-48-43-100-56-16-6-5-15-51(48)56)83(121)107-59(18-8-11-30-89)79(117)104-57(76(92)114)17-7-10-29-88/h5-6,15-16,22-25,38-43,54-55,57-63,72-74,100,102,113,122H,7-14,17-21,26-37,44-46,88-91H2,1-4H3,(H2,92,114)(H,97,115)(H,101,112)(H,103,111)(H,104,117)(H,105,120)(H,106,116)(H,107,121)(H,108,118)(H,109,119)(H4,93,94,98)(H4,95,96,99)/t54-,55-,57-,58-,59-,60-,61-,62-,63-,72+,73?,74+/m0/s1. The number of nitrogens with two attached hydrogens (primary N) is 7. The number of fused-ring (bicyclic) bond motifs is 4. The van der Waals surface area contributed by atoms with E-state index in [0.29, 0.717) is 96.5 Å². The van der Waals surface area contributed by atoms with Crippen LogP contribution in [0.4, 0.5) is 11.4 Å². The van der Waals surface area contributed by atoms with Crippen LogP contribution in [0.15, 0.2) is 90.0 Å². The Morgan fingerprint density at radius 1 is 0.573 bits per heavy atom. The Balaban J connectivity index is 0.797. The average molecular weight is 1860 g/mol. The number of methoxy groups -OCH3 is 3. The minimum Gasteiger partial charge on any atom is -0.494 e. The van der Waals surface area contributed by atoms with Crippen molar-refractivity contribution in [3.05, 3.63) is 107 Å². The summed E-state index contributed by atoms with van der Waals surface area (Å²) in [7, 11) is 4.55. The van der Waals surface area contributed by atoms with Crippen molar-refractivity contribution in [2.45, 2.75) is 181 Å². The number of hydrogen-bond donors (Lipinski definition) is 24. The first-order valence-electron chi connectivity index (χ1n) is 43.6. The van der Waals surface area contributed by atoms with Crippen LogP contribution in [-0.4, -0.2) is 237 Å². The van der Waals surface area contributed by atoms with Gasteiger partial charge >= 0.3 is 5.97 Å². The van der Waals surface area contributed by atoms with Crippen LogP contribution in [0.2, 0.25) is 0 Å². The number of aromatic amines is 1. The number of primary amides is 1. The second-order valence-corrected chi connectivity index (χ2v) is 34.0. The van der Waals surface area contributed by atoms with E-state index in [-0.39, 0.29) is 164 Å². The minimum atomic E-state index is -1.42. The van der Waals surface area contributed by atoms with Crippen molar-refractivity contribution in [3.8, 4) is 40.5 Å². The van der Waals surface area contributed by atoms with Gasteiger partial charge in [0.15, 0.2) is 40.8 Å². The lowest BCUT2D eigenvalue weighted by Gasteiger charge is -2.40. The van der Waals surface area contributed by atoms with Crippen LogP contribution in [0.1, 0.15) is 137 Å². The van der Waals surface area contributed by atoms with Crippen LogP contribution in [0, 0.1) is 22.7 Å². The molecule has 1 unspecified atom stereocenters. The number of anilines is 2. The number of ether oxygens (including phenoxy) is 6. The number of cyclic esters (lactones) is 1. The summed E-state index contributed by atoms with van der Waals surface area (Å²) in [5, 5.41) is 72.0. The molecule has 44 heteroatoms. The van der Waals surface area contributed by atoms with Crippen LogP contribution in [-0.2, 0) is 70.4 Å². The van der Waals surface area contributed by atoms with Gasteiger partial charge in [0.1, 0.15) is 42.3 Å². The molecule has 3 aliphatic rings. The molecule has 1 aliphatic carbocycles. The van der Waals surface area contributed by atoms with E-state index < -0.39 is 131 Å². The molecule has 0 saturated carbocycles. The lowest BCUT2D eigenvalue weighted by atomic mass is 9.65. The van der Waals surface area contributed by atoms with Crippen LogP contribution in [0.3, 0.4) is 0 Å². The molecule has 42 nitrogen and oxygen atoms in total. The van der Waals surface area contributed by atoms with Gasteiger partial charge in [-0.05, 0) is 198 Å². The predicted octanol–water partition coefficient (Wildman–Crippen LogP) is 0.966. The van der Waals surface area contributed by atoms with Crippen LogP contribution in [0.25, 0.3) is 10.9 Å². The molecular weight excluding hydrogens is 1740 g/mol. The smallest absolute Gasteiger partial charge is 0.310 e. The van der Waals surface area contributed by atoms with E-state index in [2.05, 4.69) is 68.8 Å². The van der Waals surface area contributed by atoms with Crippen molar-refractivity contribution in [2.75, 3.05) is 102 Å². The second-order valence-electron chi connectivity index (χ2n) is 31.9. The number of thioether (sulfide) groups is 2. The minimum absolute atomic E-state index is 0.00359. The topological polar surface area (TPSA) is 679 Å². The summed E-state index contributed by atoms with van der Waals surface area (Å²) >= 11 is 2.29. The number of unbranched alkanes of at least 4 members (excludes halogenated alkanes) is 3. The van der Waals surface area contributed by atoms with Crippen LogP contribution < -0.4 is 128 Å². The Labute approximate surface area is 766 Å². The lowest BCUT2D eigenvalue weighted by molar-refractivity contribution is -0.141. The molecule has 31 N–H and O–H groups in total. The molecule has 0 spiro atoms. The van der Waals surface area contributed by atoms with E-state index in [1.54, 1.807) is 42.8 Å². The summed E-state index contributed by atoms with van der Waals surface area (Å²) in [6.07, 6.45) is 5.83. The van der Waals surface area contributed by atoms with Crippen molar-refractivity contribution in [2.24, 2.45) is 52.0 Å². The highest BCUT2D eigenvalue weighted by atomic mass is 32.2. The molecule has 131 heavy (non-hydrogen) atoms. The summed E-state index contributed by atoms with van der Waals surface area (Å²) in [6, 6.07) is 12.1. The highest BCUT2D eigenvalue weighted by molar-refractivity contribution is 7.99. The van der Waals surface area contributed by atoms with Crippen molar-refractivity contribution < 1.29 is 91.4 Å².